The second-order valence-corrected chi connectivity index (χ2v) is 4.66. The number of carbonyl (C=O) groups is 1. The van der Waals surface area contributed by atoms with E-state index in [4.69, 9.17) is 0 Å². The molecule has 88 valence electrons. The lowest BCUT2D eigenvalue weighted by Crippen LogP contribution is -2.50. The molecule has 0 aromatic heterocycles. The minimum atomic E-state index is 0.0364. The molecule has 3 nitrogen and oxygen atoms in total. The van der Waals surface area contributed by atoms with E-state index in [1.807, 2.05) is 0 Å². The van der Waals surface area contributed by atoms with E-state index in [0.29, 0.717) is 12.0 Å². The summed E-state index contributed by atoms with van der Waals surface area (Å²) >= 11 is 0. The Morgan fingerprint density at radius 2 is 2.13 bits per heavy atom. The van der Waals surface area contributed by atoms with Crippen LogP contribution in [0.3, 0.4) is 0 Å². The van der Waals surface area contributed by atoms with Gasteiger partial charge < -0.3 is 10.6 Å². The van der Waals surface area contributed by atoms with Gasteiger partial charge in [0, 0.05) is 6.04 Å². The van der Waals surface area contributed by atoms with E-state index < -0.39 is 0 Å². The summed E-state index contributed by atoms with van der Waals surface area (Å²) in [5.74, 6) is 0.860. The fourth-order valence-electron chi connectivity index (χ4n) is 2.10. The molecular formula is C12H24N2O. The molecular weight excluding hydrogens is 188 g/mol. The second kappa shape index (κ2) is 6.11. The zero-order valence-corrected chi connectivity index (χ0v) is 10.2. The molecule has 0 saturated carbocycles. The van der Waals surface area contributed by atoms with Gasteiger partial charge in [-0.15, -0.1) is 0 Å². The van der Waals surface area contributed by atoms with Crippen molar-refractivity contribution in [2.75, 3.05) is 6.54 Å². The molecule has 1 aliphatic heterocycles. The predicted octanol–water partition coefficient (Wildman–Crippen LogP) is 1.68. The normalized spacial score (nSPS) is 26.7. The highest BCUT2D eigenvalue weighted by atomic mass is 16.2. The number of piperidine rings is 1. The molecule has 2 atom stereocenters. The summed E-state index contributed by atoms with van der Waals surface area (Å²) in [6.45, 7) is 7.43. The minimum absolute atomic E-state index is 0.0364. The van der Waals surface area contributed by atoms with E-state index in [-0.39, 0.29) is 11.9 Å². The Labute approximate surface area is 93.0 Å². The van der Waals surface area contributed by atoms with Gasteiger partial charge >= 0.3 is 0 Å². The first kappa shape index (κ1) is 12.5. The molecule has 1 heterocycles. The largest absolute Gasteiger partial charge is 0.352 e. The van der Waals surface area contributed by atoms with Gasteiger partial charge in [-0.3, -0.25) is 4.79 Å². The van der Waals surface area contributed by atoms with Crippen LogP contribution in [0.1, 0.15) is 46.5 Å². The van der Waals surface area contributed by atoms with Gasteiger partial charge in [-0.25, -0.2) is 0 Å². The highest BCUT2D eigenvalue weighted by Crippen LogP contribution is 2.15. The first-order chi connectivity index (χ1) is 7.17. The Bertz CT molecular complexity index is 202. The highest BCUT2D eigenvalue weighted by molar-refractivity contribution is 5.82. The average Bonchev–Trinajstić information content (AvgIpc) is 2.25. The summed E-state index contributed by atoms with van der Waals surface area (Å²) in [4.78, 5) is 11.9. The summed E-state index contributed by atoms with van der Waals surface area (Å²) < 4.78 is 0. The molecule has 1 saturated heterocycles. The Morgan fingerprint density at radius 3 is 2.67 bits per heavy atom. The molecule has 0 aromatic carbocycles. The van der Waals surface area contributed by atoms with Crippen molar-refractivity contribution in [3.05, 3.63) is 0 Å². The van der Waals surface area contributed by atoms with Crippen LogP contribution in [0.15, 0.2) is 0 Å². The SMILES string of the molecule is CCC(CC)NC(=O)C1CC(C)CCN1. The number of rotatable bonds is 4. The van der Waals surface area contributed by atoms with Crippen molar-refractivity contribution in [1.29, 1.82) is 0 Å². The van der Waals surface area contributed by atoms with Gasteiger partial charge in [-0.05, 0) is 38.1 Å². The lowest BCUT2D eigenvalue weighted by molar-refractivity contribution is -0.124. The van der Waals surface area contributed by atoms with Crippen LogP contribution in [0.4, 0.5) is 0 Å². The quantitative estimate of drug-likeness (QED) is 0.744. The van der Waals surface area contributed by atoms with E-state index in [9.17, 15) is 4.79 Å². The maximum Gasteiger partial charge on any atom is 0.237 e. The van der Waals surface area contributed by atoms with Crippen LogP contribution in [-0.2, 0) is 4.79 Å². The molecule has 0 aromatic rings. The molecule has 3 heteroatoms. The number of nitrogens with one attached hydrogen (secondary N) is 2. The van der Waals surface area contributed by atoms with Crippen LogP contribution < -0.4 is 10.6 Å². The Morgan fingerprint density at radius 1 is 1.47 bits per heavy atom. The number of carbonyl (C=O) groups excluding carboxylic acids is 1. The van der Waals surface area contributed by atoms with E-state index in [2.05, 4.69) is 31.4 Å². The molecule has 0 aliphatic carbocycles. The van der Waals surface area contributed by atoms with Crippen molar-refractivity contribution in [3.63, 3.8) is 0 Å². The molecule has 0 radical (unpaired) electrons. The fraction of sp³-hybridized carbons (Fsp3) is 0.917. The van der Waals surface area contributed by atoms with Gasteiger partial charge in [0.1, 0.15) is 0 Å². The van der Waals surface area contributed by atoms with Crippen LogP contribution in [0.25, 0.3) is 0 Å². The van der Waals surface area contributed by atoms with Gasteiger partial charge in [-0.1, -0.05) is 20.8 Å². The van der Waals surface area contributed by atoms with Gasteiger partial charge in [0.25, 0.3) is 0 Å². The van der Waals surface area contributed by atoms with Gasteiger partial charge in [-0.2, -0.15) is 0 Å². The zero-order chi connectivity index (χ0) is 11.3. The number of hydrogen-bond acceptors (Lipinski definition) is 2. The first-order valence-electron chi connectivity index (χ1n) is 6.21. The number of amides is 1. The third-order valence-electron chi connectivity index (χ3n) is 3.31. The van der Waals surface area contributed by atoms with Crippen molar-refractivity contribution in [2.24, 2.45) is 5.92 Å². The van der Waals surface area contributed by atoms with E-state index in [0.717, 1.165) is 25.8 Å². The van der Waals surface area contributed by atoms with Crippen LogP contribution in [-0.4, -0.2) is 24.5 Å². The number of hydrogen-bond donors (Lipinski definition) is 2. The molecule has 2 unspecified atom stereocenters. The molecule has 1 rings (SSSR count). The van der Waals surface area contributed by atoms with E-state index in [1.54, 1.807) is 0 Å². The van der Waals surface area contributed by atoms with Crippen molar-refractivity contribution in [2.45, 2.75) is 58.5 Å². The Balaban J connectivity index is 2.38. The topological polar surface area (TPSA) is 41.1 Å². The molecule has 1 amide bonds. The highest BCUT2D eigenvalue weighted by Gasteiger charge is 2.25. The van der Waals surface area contributed by atoms with E-state index >= 15 is 0 Å². The van der Waals surface area contributed by atoms with Crippen LogP contribution in [0.2, 0.25) is 0 Å². The molecule has 1 fully saturated rings. The molecule has 0 spiro atoms. The monoisotopic (exact) mass is 212 g/mol. The standard InChI is InChI=1S/C12H24N2O/c1-4-10(5-2)14-12(15)11-8-9(3)6-7-13-11/h9-11,13H,4-8H2,1-3H3,(H,14,15). The third kappa shape index (κ3) is 3.82. The summed E-state index contributed by atoms with van der Waals surface area (Å²) in [5, 5.41) is 6.40. The van der Waals surface area contributed by atoms with Crippen molar-refractivity contribution < 1.29 is 4.79 Å². The Kier molecular flexibility index (Phi) is 5.09. The second-order valence-electron chi connectivity index (χ2n) is 4.66. The summed E-state index contributed by atoms with van der Waals surface area (Å²) in [7, 11) is 0. The fourth-order valence-corrected chi connectivity index (χ4v) is 2.10. The molecule has 0 bridgehead atoms. The van der Waals surface area contributed by atoms with Crippen LogP contribution in [0, 0.1) is 5.92 Å². The van der Waals surface area contributed by atoms with Gasteiger partial charge in [0.05, 0.1) is 6.04 Å². The predicted molar refractivity (Wildman–Crippen MR) is 62.7 cm³/mol. The molecule has 2 N–H and O–H groups in total. The Hall–Kier alpha value is -0.570. The van der Waals surface area contributed by atoms with Gasteiger partial charge in [0.2, 0.25) is 5.91 Å². The maximum atomic E-state index is 11.9. The van der Waals surface area contributed by atoms with Crippen molar-refractivity contribution in [3.8, 4) is 0 Å². The maximum absolute atomic E-state index is 11.9. The van der Waals surface area contributed by atoms with Gasteiger partial charge in [0.15, 0.2) is 0 Å². The first-order valence-corrected chi connectivity index (χ1v) is 6.21. The average molecular weight is 212 g/mol. The lowest BCUT2D eigenvalue weighted by atomic mass is 9.93. The molecule has 1 aliphatic rings. The summed E-state index contributed by atoms with van der Waals surface area (Å²) in [5.41, 5.74) is 0. The lowest BCUT2D eigenvalue weighted by Gasteiger charge is -2.28. The summed E-state index contributed by atoms with van der Waals surface area (Å²) in [6, 6.07) is 0.380. The third-order valence-corrected chi connectivity index (χ3v) is 3.31. The molecule has 15 heavy (non-hydrogen) atoms. The van der Waals surface area contributed by atoms with Crippen LogP contribution >= 0.6 is 0 Å². The van der Waals surface area contributed by atoms with E-state index in [1.165, 1.54) is 6.42 Å². The minimum Gasteiger partial charge on any atom is -0.352 e. The van der Waals surface area contributed by atoms with Crippen molar-refractivity contribution >= 4 is 5.91 Å². The van der Waals surface area contributed by atoms with Crippen molar-refractivity contribution in [1.82, 2.24) is 10.6 Å². The smallest absolute Gasteiger partial charge is 0.237 e. The summed E-state index contributed by atoms with van der Waals surface area (Å²) in [6.07, 6.45) is 4.20. The van der Waals surface area contributed by atoms with Crippen LogP contribution in [0.5, 0.6) is 0 Å². The zero-order valence-electron chi connectivity index (χ0n) is 10.2.